The second kappa shape index (κ2) is 5.92. The van der Waals surface area contributed by atoms with Crippen molar-refractivity contribution in [3.05, 3.63) is 72.8 Å². The van der Waals surface area contributed by atoms with Crippen LogP contribution in [0.2, 0.25) is 0 Å². The molecule has 0 aliphatic heterocycles. The Balaban J connectivity index is 2.07. The van der Waals surface area contributed by atoms with Gasteiger partial charge in [-0.2, -0.15) is 0 Å². The molecule has 1 nitrogen and oxygen atoms in total. The van der Waals surface area contributed by atoms with Gasteiger partial charge in [0.2, 0.25) is 0 Å². The first-order chi connectivity index (χ1) is 11.4. The van der Waals surface area contributed by atoms with Crippen molar-refractivity contribution in [2.75, 3.05) is 0 Å². The Morgan fingerprint density at radius 2 is 1.48 bits per heavy atom. The van der Waals surface area contributed by atoms with Gasteiger partial charge in [0.1, 0.15) is 0 Å². The molecule has 1 aromatic heterocycles. The molecule has 3 aromatic carbocycles. The molecule has 114 valence electrons. The molecule has 4 aromatic rings. The highest BCUT2D eigenvalue weighted by Gasteiger charge is 2.13. The fourth-order valence-corrected chi connectivity index (χ4v) is 3.51. The smallest absolute Gasteiger partial charge is 0.0497 e. The number of hydrogen-bond acceptors (Lipinski definition) is 0. The molecule has 0 atom stereocenters. The average Bonchev–Trinajstić information content (AvgIpc) is 2.95. The third kappa shape index (κ3) is 2.33. The van der Waals surface area contributed by atoms with Crippen LogP contribution in [0, 0.1) is 0 Å². The van der Waals surface area contributed by atoms with Gasteiger partial charge in [-0.05, 0) is 29.7 Å². The predicted molar refractivity (Wildman–Crippen MR) is 99.8 cm³/mol. The highest BCUT2D eigenvalue weighted by molar-refractivity contribution is 6.14. The fraction of sp³-hybridized carbons (Fsp3) is 0.182. The van der Waals surface area contributed by atoms with E-state index >= 15 is 0 Å². The number of rotatable bonds is 4. The summed E-state index contributed by atoms with van der Waals surface area (Å²) in [7, 11) is 0. The molecule has 0 aliphatic carbocycles. The second-order valence-corrected chi connectivity index (χ2v) is 6.09. The second-order valence-electron chi connectivity index (χ2n) is 6.09. The number of aromatic nitrogens is 1. The van der Waals surface area contributed by atoms with E-state index in [9.17, 15) is 0 Å². The maximum atomic E-state index is 2.49. The Kier molecular flexibility index (Phi) is 3.63. The molecule has 23 heavy (non-hydrogen) atoms. The van der Waals surface area contributed by atoms with Crippen LogP contribution < -0.4 is 0 Å². The normalized spacial score (nSPS) is 11.3. The van der Waals surface area contributed by atoms with Crippen LogP contribution in [0.5, 0.6) is 0 Å². The van der Waals surface area contributed by atoms with Crippen molar-refractivity contribution in [3.8, 4) is 11.1 Å². The van der Waals surface area contributed by atoms with Crippen LogP contribution in [0.3, 0.4) is 0 Å². The molecule has 0 saturated heterocycles. The van der Waals surface area contributed by atoms with Gasteiger partial charge in [-0.3, -0.25) is 0 Å². The molecule has 0 aliphatic rings. The van der Waals surface area contributed by atoms with Gasteiger partial charge in [0.15, 0.2) is 0 Å². The van der Waals surface area contributed by atoms with Crippen LogP contribution in [0.1, 0.15) is 19.8 Å². The highest BCUT2D eigenvalue weighted by Crippen LogP contribution is 2.36. The first kappa shape index (κ1) is 14.1. The van der Waals surface area contributed by atoms with Gasteiger partial charge < -0.3 is 4.57 Å². The standard InChI is InChI=1S/C22H21N/c1-2-3-16-23-20-14-8-7-12-19(20)22-18(13-9-15-21(22)23)17-10-5-4-6-11-17/h4-15H,2-3,16H2,1H3. The zero-order valence-electron chi connectivity index (χ0n) is 13.5. The number of aryl methyl sites for hydroxylation is 1. The highest BCUT2D eigenvalue weighted by atomic mass is 15.0. The van der Waals surface area contributed by atoms with E-state index < -0.39 is 0 Å². The zero-order chi connectivity index (χ0) is 15.6. The predicted octanol–water partition coefficient (Wildman–Crippen LogP) is 6.26. The molecule has 0 bridgehead atoms. The Labute approximate surface area is 137 Å². The lowest BCUT2D eigenvalue weighted by molar-refractivity contribution is 0.665. The van der Waals surface area contributed by atoms with E-state index in [2.05, 4.69) is 84.3 Å². The van der Waals surface area contributed by atoms with E-state index in [1.54, 1.807) is 0 Å². The number of fused-ring (bicyclic) bond motifs is 3. The summed E-state index contributed by atoms with van der Waals surface area (Å²) in [5.41, 5.74) is 5.31. The van der Waals surface area contributed by atoms with Crippen LogP contribution in [0.25, 0.3) is 32.9 Å². The first-order valence-electron chi connectivity index (χ1n) is 8.45. The van der Waals surface area contributed by atoms with E-state index in [1.165, 1.54) is 45.8 Å². The molecule has 0 amide bonds. The lowest BCUT2D eigenvalue weighted by Crippen LogP contribution is -1.96. The molecular formula is C22H21N. The number of benzene rings is 3. The number of para-hydroxylation sites is 1. The maximum Gasteiger partial charge on any atom is 0.0497 e. The topological polar surface area (TPSA) is 4.93 Å². The van der Waals surface area contributed by atoms with Gasteiger partial charge >= 0.3 is 0 Å². The monoisotopic (exact) mass is 299 g/mol. The summed E-state index contributed by atoms with van der Waals surface area (Å²) in [6.45, 7) is 3.34. The molecule has 1 heteroatoms. The zero-order valence-corrected chi connectivity index (χ0v) is 13.5. The van der Waals surface area contributed by atoms with Crippen LogP contribution >= 0.6 is 0 Å². The molecule has 1 heterocycles. The van der Waals surface area contributed by atoms with Gasteiger partial charge in [-0.15, -0.1) is 0 Å². The van der Waals surface area contributed by atoms with E-state index in [4.69, 9.17) is 0 Å². The van der Waals surface area contributed by atoms with Crippen LogP contribution in [0.15, 0.2) is 72.8 Å². The van der Waals surface area contributed by atoms with Crippen molar-refractivity contribution in [2.45, 2.75) is 26.3 Å². The molecular weight excluding hydrogens is 278 g/mol. The van der Waals surface area contributed by atoms with Gasteiger partial charge in [0, 0.05) is 28.4 Å². The summed E-state index contributed by atoms with van der Waals surface area (Å²) in [6, 6.07) is 26.2. The molecule has 0 unspecified atom stereocenters. The lowest BCUT2D eigenvalue weighted by Gasteiger charge is -2.07. The third-order valence-electron chi connectivity index (χ3n) is 4.62. The number of nitrogens with zero attached hydrogens (tertiary/aromatic N) is 1. The first-order valence-corrected chi connectivity index (χ1v) is 8.45. The Hall–Kier alpha value is -2.54. The molecule has 0 saturated carbocycles. The van der Waals surface area contributed by atoms with Crippen molar-refractivity contribution in [3.63, 3.8) is 0 Å². The minimum atomic E-state index is 1.08. The van der Waals surface area contributed by atoms with Gasteiger partial charge in [0.05, 0.1) is 0 Å². The van der Waals surface area contributed by atoms with Gasteiger partial charge in [0.25, 0.3) is 0 Å². The van der Waals surface area contributed by atoms with Gasteiger partial charge in [-0.1, -0.05) is 74.0 Å². The molecule has 0 spiro atoms. The summed E-state index contributed by atoms with van der Waals surface area (Å²) < 4.78 is 2.49. The summed E-state index contributed by atoms with van der Waals surface area (Å²) in [5.74, 6) is 0. The quantitative estimate of drug-likeness (QED) is 0.419. The Morgan fingerprint density at radius 3 is 2.30 bits per heavy atom. The molecule has 0 radical (unpaired) electrons. The van der Waals surface area contributed by atoms with Crippen LogP contribution in [0.4, 0.5) is 0 Å². The van der Waals surface area contributed by atoms with Crippen LogP contribution in [-0.2, 0) is 6.54 Å². The number of unbranched alkanes of at least 4 members (excludes halogenated alkanes) is 1. The summed E-state index contributed by atoms with van der Waals surface area (Å²) in [6.07, 6.45) is 2.43. The largest absolute Gasteiger partial charge is 0.340 e. The lowest BCUT2D eigenvalue weighted by atomic mass is 9.99. The van der Waals surface area contributed by atoms with Crippen molar-refractivity contribution >= 4 is 21.8 Å². The van der Waals surface area contributed by atoms with E-state index in [0.717, 1.165) is 6.54 Å². The Morgan fingerprint density at radius 1 is 0.739 bits per heavy atom. The SMILES string of the molecule is CCCCn1c2ccccc2c2c(-c3ccccc3)cccc21. The van der Waals surface area contributed by atoms with Crippen molar-refractivity contribution in [1.29, 1.82) is 0 Å². The van der Waals surface area contributed by atoms with E-state index in [-0.39, 0.29) is 0 Å². The molecule has 0 N–H and O–H groups in total. The Bertz CT molecular complexity index is 948. The maximum absolute atomic E-state index is 2.49. The van der Waals surface area contributed by atoms with E-state index in [1.807, 2.05) is 0 Å². The summed E-state index contributed by atoms with van der Waals surface area (Å²) in [4.78, 5) is 0. The van der Waals surface area contributed by atoms with Crippen molar-refractivity contribution in [1.82, 2.24) is 4.57 Å². The number of hydrogen-bond donors (Lipinski definition) is 0. The molecule has 4 rings (SSSR count). The van der Waals surface area contributed by atoms with Crippen molar-refractivity contribution in [2.24, 2.45) is 0 Å². The van der Waals surface area contributed by atoms with E-state index in [0.29, 0.717) is 0 Å². The van der Waals surface area contributed by atoms with Crippen LogP contribution in [-0.4, -0.2) is 4.57 Å². The molecule has 0 fully saturated rings. The fourth-order valence-electron chi connectivity index (χ4n) is 3.51. The minimum absolute atomic E-state index is 1.08. The summed E-state index contributed by atoms with van der Waals surface area (Å²) >= 11 is 0. The van der Waals surface area contributed by atoms with Gasteiger partial charge in [-0.25, -0.2) is 0 Å². The summed E-state index contributed by atoms with van der Waals surface area (Å²) in [5, 5.41) is 2.74. The average molecular weight is 299 g/mol. The minimum Gasteiger partial charge on any atom is -0.340 e. The van der Waals surface area contributed by atoms with Crippen molar-refractivity contribution < 1.29 is 0 Å². The third-order valence-corrected chi connectivity index (χ3v) is 4.62.